The van der Waals surface area contributed by atoms with E-state index in [1.807, 2.05) is 12.1 Å². The first kappa shape index (κ1) is 12.8. The molecule has 104 valence electrons. The molecular formula is C15H21NO3. The minimum absolute atomic E-state index is 0.175. The number of rotatable bonds is 2. The smallest absolute Gasteiger partial charge is 0.123 e. The number of fused-ring (bicyclic) bond motifs is 1. The minimum Gasteiger partial charge on any atom is -0.507 e. The number of aromatic hydroxyl groups is 1. The van der Waals surface area contributed by atoms with E-state index in [1.54, 1.807) is 13.0 Å². The van der Waals surface area contributed by atoms with E-state index >= 15 is 0 Å². The molecule has 1 aliphatic carbocycles. The van der Waals surface area contributed by atoms with Crippen molar-refractivity contribution in [2.45, 2.75) is 44.4 Å². The Balaban J connectivity index is 1.87. The van der Waals surface area contributed by atoms with Crippen molar-refractivity contribution in [2.24, 2.45) is 0 Å². The summed E-state index contributed by atoms with van der Waals surface area (Å²) in [5.41, 5.74) is 1.61. The molecule has 0 radical (unpaired) electrons. The maximum absolute atomic E-state index is 10.0. The van der Waals surface area contributed by atoms with Gasteiger partial charge in [-0.25, -0.2) is 0 Å². The predicted octanol–water partition coefficient (Wildman–Crippen LogP) is 2.20. The molecule has 1 saturated carbocycles. The van der Waals surface area contributed by atoms with Crippen LogP contribution in [0, 0.1) is 0 Å². The first-order valence-corrected chi connectivity index (χ1v) is 7.06. The molecule has 2 aliphatic rings. The lowest BCUT2D eigenvalue weighted by Crippen LogP contribution is -2.48. The van der Waals surface area contributed by atoms with Crippen molar-refractivity contribution in [3.63, 3.8) is 0 Å². The molecule has 1 saturated heterocycles. The average Bonchev–Trinajstić information content (AvgIpc) is 2.86. The molecule has 0 spiro atoms. The van der Waals surface area contributed by atoms with Crippen LogP contribution in [0.2, 0.25) is 0 Å². The van der Waals surface area contributed by atoms with Crippen molar-refractivity contribution >= 4 is 5.69 Å². The number of ether oxygens (including phenoxy) is 1. The Morgan fingerprint density at radius 3 is 2.95 bits per heavy atom. The second-order valence-electron chi connectivity index (χ2n) is 5.52. The summed E-state index contributed by atoms with van der Waals surface area (Å²) in [5.74, 6) is 0.175. The van der Waals surface area contributed by atoms with Crippen molar-refractivity contribution in [3.05, 3.63) is 23.8 Å². The molecule has 1 aromatic rings. The second-order valence-corrected chi connectivity index (χ2v) is 5.52. The standard InChI is InChI=1S/C15H21NO3/c1-10(17)12-6-5-11(9-14(12)18)16-7-8-19-15-4-2-3-13(15)16/h5-6,9-10,13,15,17-18H,2-4,7-8H2,1H3. The number of phenolic OH excluding ortho intramolecular Hbond substituents is 1. The summed E-state index contributed by atoms with van der Waals surface area (Å²) in [7, 11) is 0. The highest BCUT2D eigenvalue weighted by molar-refractivity contribution is 5.55. The van der Waals surface area contributed by atoms with Crippen LogP contribution in [-0.2, 0) is 4.74 Å². The van der Waals surface area contributed by atoms with Gasteiger partial charge in [0.15, 0.2) is 0 Å². The van der Waals surface area contributed by atoms with Crippen LogP contribution >= 0.6 is 0 Å². The summed E-state index contributed by atoms with van der Waals surface area (Å²) in [6, 6.07) is 6.01. The van der Waals surface area contributed by atoms with Gasteiger partial charge in [0.05, 0.1) is 24.9 Å². The number of benzene rings is 1. The van der Waals surface area contributed by atoms with E-state index in [-0.39, 0.29) is 5.75 Å². The van der Waals surface area contributed by atoms with Crippen LogP contribution in [-0.4, -0.2) is 35.5 Å². The van der Waals surface area contributed by atoms with Crippen LogP contribution < -0.4 is 4.90 Å². The zero-order valence-electron chi connectivity index (χ0n) is 11.2. The lowest BCUT2D eigenvalue weighted by Gasteiger charge is -2.39. The third-order valence-electron chi connectivity index (χ3n) is 4.28. The van der Waals surface area contributed by atoms with Crippen molar-refractivity contribution < 1.29 is 14.9 Å². The van der Waals surface area contributed by atoms with E-state index in [0.29, 0.717) is 17.7 Å². The molecule has 3 atom stereocenters. The van der Waals surface area contributed by atoms with Gasteiger partial charge in [-0.2, -0.15) is 0 Å². The maximum atomic E-state index is 10.0. The zero-order chi connectivity index (χ0) is 13.4. The molecule has 4 nitrogen and oxygen atoms in total. The summed E-state index contributed by atoms with van der Waals surface area (Å²) in [4.78, 5) is 2.34. The fourth-order valence-corrected chi connectivity index (χ4v) is 3.31. The molecule has 4 heteroatoms. The van der Waals surface area contributed by atoms with E-state index in [0.717, 1.165) is 31.7 Å². The summed E-state index contributed by atoms with van der Waals surface area (Å²) in [5, 5.41) is 19.6. The van der Waals surface area contributed by atoms with Gasteiger partial charge in [0, 0.05) is 23.9 Å². The largest absolute Gasteiger partial charge is 0.507 e. The van der Waals surface area contributed by atoms with Gasteiger partial charge in [-0.1, -0.05) is 6.07 Å². The Bertz CT molecular complexity index is 461. The lowest BCUT2D eigenvalue weighted by molar-refractivity contribution is 0.0256. The molecule has 1 aliphatic heterocycles. The van der Waals surface area contributed by atoms with Gasteiger partial charge in [0.1, 0.15) is 5.75 Å². The number of hydrogen-bond donors (Lipinski definition) is 2. The molecule has 1 aromatic carbocycles. The molecule has 2 fully saturated rings. The summed E-state index contributed by atoms with van der Waals surface area (Å²) < 4.78 is 5.80. The van der Waals surface area contributed by atoms with Gasteiger partial charge in [-0.05, 0) is 32.3 Å². The number of phenols is 1. The van der Waals surface area contributed by atoms with Crippen LogP contribution in [0.5, 0.6) is 5.75 Å². The fraction of sp³-hybridized carbons (Fsp3) is 0.600. The van der Waals surface area contributed by atoms with Gasteiger partial charge in [-0.3, -0.25) is 0 Å². The Hall–Kier alpha value is -1.26. The Morgan fingerprint density at radius 2 is 2.21 bits per heavy atom. The fourth-order valence-electron chi connectivity index (χ4n) is 3.31. The van der Waals surface area contributed by atoms with E-state index in [4.69, 9.17) is 4.74 Å². The quantitative estimate of drug-likeness (QED) is 0.859. The van der Waals surface area contributed by atoms with Crippen molar-refractivity contribution in [3.8, 4) is 5.75 Å². The van der Waals surface area contributed by atoms with E-state index in [1.165, 1.54) is 6.42 Å². The second kappa shape index (κ2) is 5.02. The summed E-state index contributed by atoms with van der Waals surface area (Å²) in [6.07, 6.45) is 3.21. The SMILES string of the molecule is CC(O)c1ccc(N2CCOC3CCCC32)cc1O. The Labute approximate surface area is 113 Å². The highest BCUT2D eigenvalue weighted by Gasteiger charge is 2.36. The molecule has 0 bridgehead atoms. The first-order valence-electron chi connectivity index (χ1n) is 7.06. The number of morpholine rings is 1. The number of aliphatic hydroxyl groups is 1. The number of aliphatic hydroxyl groups excluding tert-OH is 1. The molecule has 1 heterocycles. The molecular weight excluding hydrogens is 242 g/mol. The molecule has 3 rings (SSSR count). The molecule has 0 aromatic heterocycles. The topological polar surface area (TPSA) is 52.9 Å². The Morgan fingerprint density at radius 1 is 1.37 bits per heavy atom. The van der Waals surface area contributed by atoms with Crippen LogP contribution in [0.1, 0.15) is 37.9 Å². The number of nitrogens with zero attached hydrogens (tertiary/aromatic N) is 1. The average molecular weight is 263 g/mol. The highest BCUT2D eigenvalue weighted by Crippen LogP contribution is 2.35. The van der Waals surface area contributed by atoms with Gasteiger partial charge in [0.25, 0.3) is 0 Å². The zero-order valence-corrected chi connectivity index (χ0v) is 11.2. The lowest BCUT2D eigenvalue weighted by atomic mass is 10.1. The highest BCUT2D eigenvalue weighted by atomic mass is 16.5. The molecule has 3 unspecified atom stereocenters. The van der Waals surface area contributed by atoms with Crippen LogP contribution in [0.25, 0.3) is 0 Å². The summed E-state index contributed by atoms with van der Waals surface area (Å²) >= 11 is 0. The molecule has 0 amide bonds. The normalized spacial score (nSPS) is 28.2. The summed E-state index contributed by atoms with van der Waals surface area (Å²) in [6.45, 7) is 3.28. The first-order chi connectivity index (χ1) is 9.16. The predicted molar refractivity (Wildman–Crippen MR) is 73.5 cm³/mol. The molecule has 2 N–H and O–H groups in total. The van der Waals surface area contributed by atoms with Crippen molar-refractivity contribution in [2.75, 3.05) is 18.1 Å². The van der Waals surface area contributed by atoms with Gasteiger partial charge >= 0.3 is 0 Å². The van der Waals surface area contributed by atoms with E-state index in [9.17, 15) is 10.2 Å². The molecule has 19 heavy (non-hydrogen) atoms. The monoisotopic (exact) mass is 263 g/mol. The number of hydrogen-bond acceptors (Lipinski definition) is 4. The third kappa shape index (κ3) is 2.30. The van der Waals surface area contributed by atoms with Gasteiger partial charge < -0.3 is 19.8 Å². The van der Waals surface area contributed by atoms with Crippen molar-refractivity contribution in [1.82, 2.24) is 0 Å². The third-order valence-corrected chi connectivity index (χ3v) is 4.28. The van der Waals surface area contributed by atoms with E-state index in [2.05, 4.69) is 4.90 Å². The van der Waals surface area contributed by atoms with Crippen LogP contribution in [0.4, 0.5) is 5.69 Å². The van der Waals surface area contributed by atoms with Crippen LogP contribution in [0.3, 0.4) is 0 Å². The van der Waals surface area contributed by atoms with E-state index < -0.39 is 6.10 Å². The van der Waals surface area contributed by atoms with Crippen molar-refractivity contribution in [1.29, 1.82) is 0 Å². The van der Waals surface area contributed by atoms with Crippen LogP contribution in [0.15, 0.2) is 18.2 Å². The van der Waals surface area contributed by atoms with Gasteiger partial charge in [-0.15, -0.1) is 0 Å². The Kier molecular flexibility index (Phi) is 3.37. The number of anilines is 1. The van der Waals surface area contributed by atoms with Gasteiger partial charge in [0.2, 0.25) is 0 Å². The minimum atomic E-state index is -0.641. The maximum Gasteiger partial charge on any atom is 0.123 e.